The monoisotopic (exact) mass is 264 g/mol. The van der Waals surface area contributed by atoms with Crippen molar-refractivity contribution in [3.8, 4) is 0 Å². The largest absolute Gasteiger partial charge is 0.396 e. The first-order valence-corrected chi connectivity index (χ1v) is 7.10. The molecular weight excluding hydrogens is 240 g/mol. The Bertz CT molecular complexity index is 397. The van der Waals surface area contributed by atoms with Crippen molar-refractivity contribution in [3.63, 3.8) is 0 Å². The van der Waals surface area contributed by atoms with Crippen LogP contribution in [0.5, 0.6) is 0 Å². The predicted octanol–water partition coefficient (Wildman–Crippen LogP) is 1.75. The third-order valence-electron chi connectivity index (χ3n) is 3.49. The van der Waals surface area contributed by atoms with Crippen molar-refractivity contribution in [2.24, 2.45) is 11.8 Å². The van der Waals surface area contributed by atoms with E-state index in [1.165, 1.54) is 0 Å². The number of aliphatic hydroxyl groups excluding tert-OH is 1. The van der Waals surface area contributed by atoms with Gasteiger partial charge in [0.25, 0.3) is 0 Å². The van der Waals surface area contributed by atoms with Crippen molar-refractivity contribution in [1.82, 2.24) is 9.97 Å². The van der Waals surface area contributed by atoms with Gasteiger partial charge in [-0.1, -0.05) is 13.8 Å². The molecule has 1 unspecified atom stereocenters. The number of aliphatic hydroxyl groups is 1. The van der Waals surface area contributed by atoms with Crippen LogP contribution in [0.1, 0.15) is 26.7 Å². The van der Waals surface area contributed by atoms with Crippen LogP contribution >= 0.6 is 0 Å². The quantitative estimate of drug-likeness (QED) is 0.819. The molecule has 106 valence electrons. The van der Waals surface area contributed by atoms with E-state index in [2.05, 4.69) is 34.0 Å². The van der Waals surface area contributed by atoms with Gasteiger partial charge in [-0.15, -0.1) is 0 Å². The minimum absolute atomic E-state index is 0.281. The van der Waals surface area contributed by atoms with E-state index >= 15 is 0 Å². The topological polar surface area (TPSA) is 61.3 Å². The number of rotatable bonds is 6. The molecule has 5 heteroatoms. The van der Waals surface area contributed by atoms with Crippen LogP contribution in [0.4, 0.5) is 11.6 Å². The third-order valence-corrected chi connectivity index (χ3v) is 3.49. The molecule has 0 bridgehead atoms. The van der Waals surface area contributed by atoms with Gasteiger partial charge in [0.1, 0.15) is 18.0 Å². The zero-order chi connectivity index (χ0) is 13.7. The van der Waals surface area contributed by atoms with E-state index in [9.17, 15) is 0 Å². The molecular formula is C14H24N4O. The fraction of sp³-hybridized carbons (Fsp3) is 0.714. The van der Waals surface area contributed by atoms with E-state index in [4.69, 9.17) is 5.11 Å². The van der Waals surface area contributed by atoms with Crippen LogP contribution in [0.3, 0.4) is 0 Å². The molecule has 0 aromatic carbocycles. The molecule has 0 spiro atoms. The Morgan fingerprint density at radius 3 is 3.05 bits per heavy atom. The van der Waals surface area contributed by atoms with Crippen LogP contribution < -0.4 is 10.2 Å². The van der Waals surface area contributed by atoms with E-state index in [-0.39, 0.29) is 6.61 Å². The molecule has 1 saturated heterocycles. The second-order valence-electron chi connectivity index (χ2n) is 5.65. The van der Waals surface area contributed by atoms with Crippen LogP contribution in [0.25, 0.3) is 0 Å². The second kappa shape index (κ2) is 6.70. The van der Waals surface area contributed by atoms with Crippen molar-refractivity contribution in [3.05, 3.63) is 12.4 Å². The molecule has 5 nitrogen and oxygen atoms in total. The number of hydrogen-bond acceptors (Lipinski definition) is 5. The lowest BCUT2D eigenvalue weighted by atomic mass is 10.1. The molecule has 0 amide bonds. The zero-order valence-electron chi connectivity index (χ0n) is 11.8. The number of anilines is 2. The highest BCUT2D eigenvalue weighted by Gasteiger charge is 2.23. The maximum atomic E-state index is 9.00. The Balaban J connectivity index is 1.95. The number of aromatic nitrogens is 2. The van der Waals surface area contributed by atoms with Gasteiger partial charge >= 0.3 is 0 Å². The summed E-state index contributed by atoms with van der Waals surface area (Å²) in [6, 6.07) is 2.02. The van der Waals surface area contributed by atoms with E-state index < -0.39 is 0 Å². The molecule has 2 rings (SSSR count). The predicted molar refractivity (Wildman–Crippen MR) is 77.4 cm³/mol. The molecule has 0 aliphatic carbocycles. The van der Waals surface area contributed by atoms with Gasteiger partial charge in [-0.3, -0.25) is 0 Å². The maximum absolute atomic E-state index is 9.00. The summed E-state index contributed by atoms with van der Waals surface area (Å²) in [6.45, 7) is 7.56. The summed E-state index contributed by atoms with van der Waals surface area (Å²) in [5, 5.41) is 12.3. The Labute approximate surface area is 115 Å². The first kappa shape index (κ1) is 14.1. The van der Waals surface area contributed by atoms with Crippen LogP contribution in [-0.4, -0.2) is 41.3 Å². The highest BCUT2D eigenvalue weighted by molar-refractivity contribution is 5.49. The molecule has 1 aromatic rings. The smallest absolute Gasteiger partial charge is 0.134 e. The number of hydrogen-bond donors (Lipinski definition) is 2. The molecule has 1 atom stereocenters. The van der Waals surface area contributed by atoms with E-state index in [1.807, 2.05) is 6.07 Å². The van der Waals surface area contributed by atoms with Crippen molar-refractivity contribution in [1.29, 1.82) is 0 Å². The SMILES string of the molecule is CC(C)CNc1cc(N2CCC(CCO)C2)ncn1. The second-order valence-corrected chi connectivity index (χ2v) is 5.65. The summed E-state index contributed by atoms with van der Waals surface area (Å²) in [6.07, 6.45) is 3.65. The summed E-state index contributed by atoms with van der Waals surface area (Å²) in [5.74, 6) is 3.07. The van der Waals surface area contributed by atoms with E-state index in [0.29, 0.717) is 11.8 Å². The van der Waals surface area contributed by atoms with Crippen LogP contribution in [0.2, 0.25) is 0 Å². The normalized spacial score (nSPS) is 19.2. The van der Waals surface area contributed by atoms with Gasteiger partial charge < -0.3 is 15.3 Å². The lowest BCUT2D eigenvalue weighted by molar-refractivity contribution is 0.263. The molecule has 19 heavy (non-hydrogen) atoms. The molecule has 1 fully saturated rings. The molecule has 0 radical (unpaired) electrons. The van der Waals surface area contributed by atoms with Crippen LogP contribution in [0, 0.1) is 11.8 Å². The van der Waals surface area contributed by atoms with Crippen LogP contribution in [-0.2, 0) is 0 Å². The van der Waals surface area contributed by atoms with Crippen molar-refractivity contribution >= 4 is 11.6 Å². The average molecular weight is 264 g/mol. The Morgan fingerprint density at radius 1 is 1.47 bits per heavy atom. The number of nitrogens with zero attached hydrogens (tertiary/aromatic N) is 3. The molecule has 1 aliphatic heterocycles. The first-order chi connectivity index (χ1) is 9.19. The molecule has 0 saturated carbocycles. The van der Waals surface area contributed by atoms with Gasteiger partial charge in [-0.25, -0.2) is 9.97 Å². The molecule has 1 aliphatic rings. The minimum atomic E-state index is 0.281. The summed E-state index contributed by atoms with van der Waals surface area (Å²) in [5.41, 5.74) is 0. The summed E-state index contributed by atoms with van der Waals surface area (Å²) >= 11 is 0. The highest BCUT2D eigenvalue weighted by atomic mass is 16.3. The molecule has 1 aromatic heterocycles. The zero-order valence-corrected chi connectivity index (χ0v) is 11.8. The van der Waals surface area contributed by atoms with Gasteiger partial charge in [0, 0.05) is 32.3 Å². The fourth-order valence-electron chi connectivity index (χ4n) is 2.38. The Hall–Kier alpha value is -1.36. The van der Waals surface area contributed by atoms with Crippen molar-refractivity contribution < 1.29 is 5.11 Å². The van der Waals surface area contributed by atoms with Crippen LogP contribution in [0.15, 0.2) is 12.4 Å². The van der Waals surface area contributed by atoms with Gasteiger partial charge in [-0.2, -0.15) is 0 Å². The van der Waals surface area contributed by atoms with Gasteiger partial charge in [0.05, 0.1) is 0 Å². The minimum Gasteiger partial charge on any atom is -0.396 e. The van der Waals surface area contributed by atoms with E-state index in [0.717, 1.165) is 44.1 Å². The highest BCUT2D eigenvalue weighted by Crippen LogP contribution is 2.24. The Kier molecular flexibility index (Phi) is 4.96. The summed E-state index contributed by atoms with van der Waals surface area (Å²) < 4.78 is 0. The van der Waals surface area contributed by atoms with Crippen molar-refractivity contribution in [2.45, 2.75) is 26.7 Å². The Morgan fingerprint density at radius 2 is 2.32 bits per heavy atom. The first-order valence-electron chi connectivity index (χ1n) is 7.10. The lowest BCUT2D eigenvalue weighted by Gasteiger charge is -2.18. The lowest BCUT2D eigenvalue weighted by Crippen LogP contribution is -2.21. The van der Waals surface area contributed by atoms with E-state index in [1.54, 1.807) is 6.33 Å². The fourth-order valence-corrected chi connectivity index (χ4v) is 2.38. The van der Waals surface area contributed by atoms with Gasteiger partial charge in [-0.05, 0) is 24.7 Å². The van der Waals surface area contributed by atoms with Gasteiger partial charge in [0.2, 0.25) is 0 Å². The molecule has 2 heterocycles. The maximum Gasteiger partial charge on any atom is 0.134 e. The summed E-state index contributed by atoms with van der Waals surface area (Å²) in [4.78, 5) is 10.9. The third kappa shape index (κ3) is 4.06. The average Bonchev–Trinajstić information content (AvgIpc) is 2.86. The molecule has 2 N–H and O–H groups in total. The number of nitrogens with one attached hydrogen (secondary N) is 1. The van der Waals surface area contributed by atoms with Gasteiger partial charge in [0.15, 0.2) is 0 Å². The summed E-state index contributed by atoms with van der Waals surface area (Å²) in [7, 11) is 0. The standard InChI is InChI=1S/C14H24N4O/c1-11(2)8-15-13-7-14(17-10-16-13)18-5-3-12(9-18)4-6-19/h7,10-12,19H,3-6,8-9H2,1-2H3,(H,15,16,17). The van der Waals surface area contributed by atoms with Crippen molar-refractivity contribution in [2.75, 3.05) is 36.5 Å².